The zero-order valence-electron chi connectivity index (χ0n) is 9.58. The van der Waals surface area contributed by atoms with Crippen molar-refractivity contribution >= 4 is 33.4 Å². The van der Waals surface area contributed by atoms with Crippen LogP contribution >= 0.6 is 11.6 Å². The minimum absolute atomic E-state index is 0.250. The van der Waals surface area contributed by atoms with Gasteiger partial charge < -0.3 is 9.84 Å². The molecule has 0 saturated heterocycles. The van der Waals surface area contributed by atoms with Gasteiger partial charge in [0, 0.05) is 6.26 Å². The van der Waals surface area contributed by atoms with Gasteiger partial charge in [0.05, 0.1) is 12.0 Å². The van der Waals surface area contributed by atoms with E-state index in [1.807, 2.05) is 0 Å². The number of sulfone groups is 1. The number of esters is 1. The summed E-state index contributed by atoms with van der Waals surface area (Å²) in [6.45, 7) is 0. The second kappa shape index (κ2) is 4.74. The standard InChI is InChI=1S/C10H11ClO6S/c1-17-8(12)7-4-3-6(18(2,15)16)5-10(7,11)9(13)14/h3-5,7H,1-2H3,(H,13,14). The molecule has 1 aliphatic carbocycles. The van der Waals surface area contributed by atoms with Crippen molar-refractivity contribution in [2.45, 2.75) is 4.87 Å². The summed E-state index contributed by atoms with van der Waals surface area (Å²) in [6.07, 6.45) is 4.01. The van der Waals surface area contributed by atoms with Crippen LogP contribution in [0.15, 0.2) is 23.1 Å². The molecule has 18 heavy (non-hydrogen) atoms. The number of alkyl halides is 1. The van der Waals surface area contributed by atoms with Crippen molar-refractivity contribution in [3.05, 3.63) is 23.1 Å². The SMILES string of the molecule is COC(=O)C1C=CC(S(C)(=O)=O)=CC1(Cl)C(=O)O. The van der Waals surface area contributed by atoms with E-state index in [-0.39, 0.29) is 4.91 Å². The number of carbonyl (C=O) groups is 2. The molecular formula is C10H11ClO6S. The summed E-state index contributed by atoms with van der Waals surface area (Å²) in [5.41, 5.74) is 0. The van der Waals surface area contributed by atoms with Crippen molar-refractivity contribution in [2.75, 3.05) is 13.4 Å². The number of aliphatic carboxylic acids is 1. The molecule has 0 aromatic heterocycles. The lowest BCUT2D eigenvalue weighted by Crippen LogP contribution is -2.44. The second-order valence-electron chi connectivity index (χ2n) is 3.75. The van der Waals surface area contributed by atoms with Crippen molar-refractivity contribution < 1.29 is 27.9 Å². The average molecular weight is 295 g/mol. The maximum Gasteiger partial charge on any atom is 0.330 e. The van der Waals surface area contributed by atoms with E-state index in [2.05, 4.69) is 4.74 Å². The van der Waals surface area contributed by atoms with E-state index in [1.54, 1.807) is 0 Å². The second-order valence-corrected chi connectivity index (χ2v) is 6.39. The van der Waals surface area contributed by atoms with E-state index in [9.17, 15) is 18.0 Å². The summed E-state index contributed by atoms with van der Waals surface area (Å²) in [4.78, 5) is 20.2. The largest absolute Gasteiger partial charge is 0.480 e. The van der Waals surface area contributed by atoms with E-state index in [0.29, 0.717) is 0 Å². The van der Waals surface area contributed by atoms with Crippen molar-refractivity contribution in [2.24, 2.45) is 5.92 Å². The summed E-state index contributed by atoms with van der Waals surface area (Å²) in [7, 11) is -2.52. The van der Waals surface area contributed by atoms with Crippen LogP contribution in [0.1, 0.15) is 0 Å². The average Bonchev–Trinajstić information content (AvgIpc) is 2.26. The van der Waals surface area contributed by atoms with Crippen molar-refractivity contribution in [3.8, 4) is 0 Å². The molecule has 0 aliphatic heterocycles. The van der Waals surface area contributed by atoms with Crippen LogP contribution in [-0.4, -0.2) is 43.7 Å². The highest BCUT2D eigenvalue weighted by Gasteiger charge is 2.48. The maximum absolute atomic E-state index is 11.4. The molecular weight excluding hydrogens is 284 g/mol. The van der Waals surface area contributed by atoms with Gasteiger partial charge >= 0.3 is 11.9 Å². The molecule has 0 fully saturated rings. The molecule has 0 aromatic carbocycles. The molecule has 0 amide bonds. The number of carbonyl (C=O) groups excluding carboxylic acids is 1. The first kappa shape index (κ1) is 14.7. The first-order valence-corrected chi connectivity index (χ1v) is 7.01. The lowest BCUT2D eigenvalue weighted by Gasteiger charge is -2.28. The molecule has 1 rings (SSSR count). The molecule has 100 valence electrons. The van der Waals surface area contributed by atoms with Crippen LogP contribution in [-0.2, 0) is 24.2 Å². The third kappa shape index (κ3) is 2.56. The molecule has 1 aliphatic rings. The zero-order chi connectivity index (χ0) is 14.1. The predicted molar refractivity (Wildman–Crippen MR) is 63.8 cm³/mol. The monoisotopic (exact) mass is 294 g/mol. The summed E-state index contributed by atoms with van der Waals surface area (Å²) in [5, 5.41) is 9.08. The Kier molecular flexibility index (Phi) is 3.87. The summed E-state index contributed by atoms with van der Waals surface area (Å²) >= 11 is 5.86. The fourth-order valence-corrected chi connectivity index (χ4v) is 2.55. The van der Waals surface area contributed by atoms with Gasteiger partial charge in [-0.2, -0.15) is 0 Å². The van der Waals surface area contributed by atoms with Crippen LogP contribution in [0.2, 0.25) is 0 Å². The van der Waals surface area contributed by atoms with E-state index in [4.69, 9.17) is 16.7 Å². The third-order valence-corrected chi connectivity index (χ3v) is 4.09. The number of carboxylic acid groups (broad SMARTS) is 1. The molecule has 0 spiro atoms. The van der Waals surface area contributed by atoms with Crippen molar-refractivity contribution in [3.63, 3.8) is 0 Å². The zero-order valence-corrected chi connectivity index (χ0v) is 11.2. The lowest BCUT2D eigenvalue weighted by molar-refractivity contribution is -0.150. The first-order chi connectivity index (χ1) is 8.13. The number of ether oxygens (including phenoxy) is 1. The van der Waals surface area contributed by atoms with Crippen LogP contribution in [0.3, 0.4) is 0 Å². The van der Waals surface area contributed by atoms with Gasteiger partial charge in [-0.1, -0.05) is 6.08 Å². The van der Waals surface area contributed by atoms with Crippen LogP contribution < -0.4 is 0 Å². The van der Waals surface area contributed by atoms with Gasteiger partial charge in [-0.25, -0.2) is 13.2 Å². The molecule has 6 nitrogen and oxygen atoms in total. The molecule has 0 aromatic rings. The van der Waals surface area contributed by atoms with Gasteiger partial charge in [0.2, 0.25) is 0 Å². The molecule has 0 radical (unpaired) electrons. The van der Waals surface area contributed by atoms with Gasteiger partial charge in [-0.15, -0.1) is 11.6 Å². The quantitative estimate of drug-likeness (QED) is 0.595. The summed E-state index contributed by atoms with van der Waals surface area (Å²) < 4.78 is 27.2. The molecule has 0 heterocycles. The number of rotatable bonds is 3. The summed E-state index contributed by atoms with van der Waals surface area (Å²) in [6, 6.07) is 0. The van der Waals surface area contributed by atoms with Crippen LogP contribution in [0.25, 0.3) is 0 Å². The molecule has 0 saturated carbocycles. The first-order valence-electron chi connectivity index (χ1n) is 4.74. The molecule has 2 unspecified atom stereocenters. The Labute approximate surface area is 109 Å². The minimum atomic E-state index is -3.61. The van der Waals surface area contributed by atoms with Crippen molar-refractivity contribution in [1.29, 1.82) is 0 Å². The molecule has 0 bridgehead atoms. The third-order valence-electron chi connectivity index (χ3n) is 2.47. The fraction of sp³-hybridized carbons (Fsp3) is 0.400. The minimum Gasteiger partial charge on any atom is -0.480 e. The Balaban J connectivity index is 3.35. The predicted octanol–water partition coefficient (Wildman–Crippen LogP) is 0.336. The van der Waals surface area contributed by atoms with E-state index >= 15 is 0 Å². The van der Waals surface area contributed by atoms with Crippen LogP contribution in [0.5, 0.6) is 0 Å². The molecule has 1 N–H and O–H groups in total. The summed E-state index contributed by atoms with van der Waals surface area (Å²) in [5.74, 6) is -3.66. The molecule has 8 heteroatoms. The number of halogens is 1. The van der Waals surface area contributed by atoms with Gasteiger partial charge in [0.1, 0.15) is 5.92 Å². The number of hydrogen-bond donors (Lipinski definition) is 1. The van der Waals surface area contributed by atoms with Crippen LogP contribution in [0, 0.1) is 5.92 Å². The number of allylic oxidation sites excluding steroid dienone is 1. The smallest absolute Gasteiger partial charge is 0.330 e. The van der Waals surface area contributed by atoms with Gasteiger partial charge in [-0.3, -0.25) is 4.79 Å². The number of carboxylic acids is 1. The van der Waals surface area contributed by atoms with Crippen molar-refractivity contribution in [1.82, 2.24) is 0 Å². The highest BCUT2D eigenvalue weighted by atomic mass is 35.5. The maximum atomic E-state index is 11.4. The Hall–Kier alpha value is -1.34. The van der Waals surface area contributed by atoms with E-state index in [0.717, 1.165) is 31.6 Å². The Bertz CT molecular complexity index is 547. The van der Waals surface area contributed by atoms with Gasteiger partial charge in [-0.05, 0) is 12.2 Å². The Morgan fingerprint density at radius 1 is 1.50 bits per heavy atom. The lowest BCUT2D eigenvalue weighted by atomic mass is 9.87. The highest BCUT2D eigenvalue weighted by Crippen LogP contribution is 2.36. The van der Waals surface area contributed by atoms with E-state index in [1.165, 1.54) is 0 Å². The highest BCUT2D eigenvalue weighted by molar-refractivity contribution is 7.94. The number of methoxy groups -OCH3 is 1. The Morgan fingerprint density at radius 3 is 2.44 bits per heavy atom. The van der Waals surface area contributed by atoms with E-state index < -0.39 is 32.6 Å². The normalized spacial score (nSPS) is 27.5. The Morgan fingerprint density at radius 2 is 2.06 bits per heavy atom. The topological polar surface area (TPSA) is 97.7 Å². The number of hydrogen-bond acceptors (Lipinski definition) is 5. The van der Waals surface area contributed by atoms with Gasteiger partial charge in [0.25, 0.3) is 0 Å². The van der Waals surface area contributed by atoms with Crippen LogP contribution in [0.4, 0.5) is 0 Å². The fourth-order valence-electron chi connectivity index (χ4n) is 1.48. The van der Waals surface area contributed by atoms with Gasteiger partial charge in [0.15, 0.2) is 14.7 Å². The molecule has 2 atom stereocenters.